The molecule has 0 unspecified atom stereocenters. The van der Waals surface area contributed by atoms with Crippen molar-refractivity contribution in [2.75, 3.05) is 5.43 Å². The van der Waals surface area contributed by atoms with Crippen LogP contribution >= 0.6 is 0 Å². The number of hydrogen-bond acceptors (Lipinski definition) is 5. The van der Waals surface area contributed by atoms with Gasteiger partial charge in [-0.15, -0.1) is 10.2 Å². The maximum Gasteiger partial charge on any atom is 0.265 e. The van der Waals surface area contributed by atoms with E-state index >= 15 is 0 Å². The summed E-state index contributed by atoms with van der Waals surface area (Å²) in [5, 5.41) is 16.4. The van der Waals surface area contributed by atoms with Crippen LogP contribution < -0.4 is 5.43 Å². The van der Waals surface area contributed by atoms with Crippen molar-refractivity contribution in [3.05, 3.63) is 77.1 Å². The van der Waals surface area contributed by atoms with Gasteiger partial charge in [0.2, 0.25) is 0 Å². The maximum atomic E-state index is 4.37. The molecule has 3 aromatic rings. The summed E-state index contributed by atoms with van der Waals surface area (Å²) >= 11 is 0. The van der Waals surface area contributed by atoms with Crippen molar-refractivity contribution < 1.29 is 0 Å². The fourth-order valence-corrected chi connectivity index (χ4v) is 2.36. The van der Waals surface area contributed by atoms with Gasteiger partial charge in [0, 0.05) is 0 Å². The third-order valence-corrected chi connectivity index (χ3v) is 4.02. The smallest absolute Gasteiger partial charge is 0.244 e. The molecule has 26 heavy (non-hydrogen) atoms. The number of rotatable bonds is 7. The second-order valence-corrected chi connectivity index (χ2v) is 5.80. The molecule has 0 bridgehead atoms. The Balaban J connectivity index is 1.63. The van der Waals surface area contributed by atoms with Crippen molar-refractivity contribution in [1.82, 2.24) is 14.9 Å². The predicted octanol–water partition coefficient (Wildman–Crippen LogP) is 3.73. The number of aromatic nitrogens is 3. The van der Waals surface area contributed by atoms with Gasteiger partial charge >= 0.3 is 0 Å². The number of hydrogen-bond donors (Lipinski definition) is 1. The molecule has 1 N–H and O–H groups in total. The molecular weight excluding hydrogens is 324 g/mol. The van der Waals surface area contributed by atoms with E-state index in [2.05, 4.69) is 63.9 Å². The lowest BCUT2D eigenvalue weighted by atomic mass is 10.1. The maximum absolute atomic E-state index is 4.37. The zero-order valence-electron chi connectivity index (χ0n) is 15.0. The van der Waals surface area contributed by atoms with Crippen molar-refractivity contribution in [1.29, 1.82) is 0 Å². The van der Waals surface area contributed by atoms with Crippen molar-refractivity contribution in [3.8, 4) is 0 Å². The van der Waals surface area contributed by atoms with Crippen molar-refractivity contribution in [2.45, 2.75) is 26.7 Å². The highest BCUT2D eigenvalue weighted by Gasteiger charge is 2.00. The van der Waals surface area contributed by atoms with Crippen molar-refractivity contribution >= 4 is 18.4 Å². The third-order valence-electron chi connectivity index (χ3n) is 4.02. The minimum atomic E-state index is 0.452. The highest BCUT2D eigenvalue weighted by molar-refractivity contribution is 5.80. The largest absolute Gasteiger partial charge is 0.265 e. The Hall–Kier alpha value is -3.28. The summed E-state index contributed by atoms with van der Waals surface area (Å²) in [5.41, 5.74) is 7.50. The van der Waals surface area contributed by atoms with Gasteiger partial charge in [-0.3, -0.25) is 0 Å². The lowest BCUT2D eigenvalue weighted by Gasteiger charge is -2.00. The Morgan fingerprint density at radius 3 is 2.04 bits per heavy atom. The molecule has 2 aromatic carbocycles. The van der Waals surface area contributed by atoms with E-state index in [0.717, 1.165) is 24.0 Å². The molecule has 0 saturated heterocycles. The molecule has 0 aliphatic heterocycles. The molecule has 0 radical (unpaired) electrons. The Labute approximate surface area is 153 Å². The summed E-state index contributed by atoms with van der Waals surface area (Å²) < 4.78 is 1.55. The van der Waals surface area contributed by atoms with Crippen LogP contribution in [0.3, 0.4) is 0 Å². The predicted molar refractivity (Wildman–Crippen MR) is 106 cm³/mol. The van der Waals surface area contributed by atoms with Crippen LogP contribution in [0.4, 0.5) is 5.95 Å². The standard InChI is InChI=1S/C20H22N6/c1-3-16-5-9-18(10-6-16)13-21-24-20-25-22-15-26(20)23-14-19-11-7-17(4-2)8-12-19/h5-15H,3-4H2,1-2H3,(H,24,25). The molecule has 0 aliphatic rings. The van der Waals surface area contributed by atoms with E-state index in [1.54, 1.807) is 17.1 Å². The first-order chi connectivity index (χ1) is 12.8. The summed E-state index contributed by atoms with van der Waals surface area (Å²) in [4.78, 5) is 0. The van der Waals surface area contributed by atoms with Gasteiger partial charge in [0.1, 0.15) is 6.33 Å². The van der Waals surface area contributed by atoms with E-state index < -0.39 is 0 Å². The minimum Gasteiger partial charge on any atom is -0.244 e. The molecule has 0 aliphatic carbocycles. The van der Waals surface area contributed by atoms with Gasteiger partial charge in [-0.1, -0.05) is 62.4 Å². The van der Waals surface area contributed by atoms with Gasteiger partial charge in [0.15, 0.2) is 0 Å². The molecule has 132 valence electrons. The van der Waals surface area contributed by atoms with Crippen LogP contribution in [-0.2, 0) is 12.8 Å². The topological polar surface area (TPSA) is 67.5 Å². The molecule has 0 fully saturated rings. The summed E-state index contributed by atoms with van der Waals surface area (Å²) in [7, 11) is 0. The van der Waals surface area contributed by atoms with Crippen LogP contribution in [0.1, 0.15) is 36.1 Å². The molecule has 6 heteroatoms. The van der Waals surface area contributed by atoms with Crippen LogP contribution in [0.2, 0.25) is 0 Å². The van der Waals surface area contributed by atoms with Crippen LogP contribution in [-0.4, -0.2) is 27.3 Å². The number of benzene rings is 2. The van der Waals surface area contributed by atoms with Crippen LogP contribution in [0.15, 0.2) is 65.1 Å². The highest BCUT2D eigenvalue weighted by atomic mass is 15.5. The fourth-order valence-electron chi connectivity index (χ4n) is 2.36. The number of anilines is 1. The summed E-state index contributed by atoms with van der Waals surface area (Å²) in [6.45, 7) is 4.27. The summed E-state index contributed by atoms with van der Waals surface area (Å²) in [6, 6.07) is 16.5. The molecule has 0 spiro atoms. The van der Waals surface area contributed by atoms with Crippen LogP contribution in [0.5, 0.6) is 0 Å². The Morgan fingerprint density at radius 2 is 1.46 bits per heavy atom. The molecule has 1 heterocycles. The molecule has 1 aromatic heterocycles. The van der Waals surface area contributed by atoms with Gasteiger partial charge in [0.05, 0.1) is 12.4 Å². The number of aryl methyl sites for hydroxylation is 2. The third kappa shape index (κ3) is 4.63. The average molecular weight is 346 g/mol. The first-order valence-electron chi connectivity index (χ1n) is 8.70. The average Bonchev–Trinajstić information content (AvgIpc) is 3.14. The van der Waals surface area contributed by atoms with Crippen molar-refractivity contribution in [3.63, 3.8) is 0 Å². The quantitative estimate of drug-likeness (QED) is 0.523. The van der Waals surface area contributed by atoms with Gasteiger partial charge < -0.3 is 0 Å². The molecule has 6 nitrogen and oxygen atoms in total. The molecule has 0 atom stereocenters. The van der Waals surface area contributed by atoms with Gasteiger partial charge in [-0.25, -0.2) is 5.43 Å². The van der Waals surface area contributed by atoms with E-state index in [4.69, 9.17) is 0 Å². The second-order valence-electron chi connectivity index (χ2n) is 5.80. The highest BCUT2D eigenvalue weighted by Crippen LogP contribution is 2.06. The number of hydrazone groups is 1. The van der Waals surface area contributed by atoms with Crippen LogP contribution in [0, 0.1) is 0 Å². The van der Waals surface area contributed by atoms with Crippen molar-refractivity contribution in [2.24, 2.45) is 10.2 Å². The summed E-state index contributed by atoms with van der Waals surface area (Å²) in [5.74, 6) is 0.452. The zero-order valence-corrected chi connectivity index (χ0v) is 15.0. The summed E-state index contributed by atoms with van der Waals surface area (Å²) in [6.07, 6.45) is 7.09. The SMILES string of the molecule is CCc1ccc(C=NNc2nncn2N=Cc2ccc(CC)cc2)cc1. The zero-order chi connectivity index (χ0) is 18.2. The number of nitrogens with one attached hydrogen (secondary N) is 1. The molecular formula is C20H22N6. The normalized spacial score (nSPS) is 11.5. The van der Waals surface area contributed by atoms with E-state index in [0.29, 0.717) is 5.95 Å². The van der Waals surface area contributed by atoms with Gasteiger partial charge in [0.25, 0.3) is 5.95 Å². The second kappa shape index (κ2) is 8.71. The van der Waals surface area contributed by atoms with E-state index in [1.807, 2.05) is 24.3 Å². The van der Waals surface area contributed by atoms with E-state index in [-0.39, 0.29) is 0 Å². The Bertz CT molecular complexity index is 875. The van der Waals surface area contributed by atoms with Gasteiger partial charge in [-0.05, 0) is 35.1 Å². The first-order valence-corrected chi connectivity index (χ1v) is 8.70. The number of nitrogens with zero attached hydrogens (tertiary/aromatic N) is 5. The lowest BCUT2D eigenvalue weighted by molar-refractivity contribution is 0.879. The molecule has 0 amide bonds. The lowest BCUT2D eigenvalue weighted by Crippen LogP contribution is -1.99. The Kier molecular flexibility index (Phi) is 5.88. The minimum absolute atomic E-state index is 0.452. The monoisotopic (exact) mass is 346 g/mol. The van der Waals surface area contributed by atoms with E-state index in [9.17, 15) is 0 Å². The molecule has 3 rings (SSSR count). The molecule has 0 saturated carbocycles. The van der Waals surface area contributed by atoms with E-state index in [1.165, 1.54) is 17.5 Å². The first kappa shape index (κ1) is 17.5. The fraction of sp³-hybridized carbons (Fsp3) is 0.200. The van der Waals surface area contributed by atoms with Crippen LogP contribution in [0.25, 0.3) is 0 Å². The Morgan fingerprint density at radius 1 is 0.885 bits per heavy atom. The van der Waals surface area contributed by atoms with Gasteiger partial charge in [-0.2, -0.15) is 14.9 Å².